The highest BCUT2D eigenvalue weighted by Gasteiger charge is 2.38. The third kappa shape index (κ3) is 4.28. The van der Waals surface area contributed by atoms with Crippen LogP contribution in [0.1, 0.15) is 28.9 Å². The number of hydrogen-bond acceptors (Lipinski definition) is 5. The molecule has 1 amide bonds. The summed E-state index contributed by atoms with van der Waals surface area (Å²) in [7, 11) is -1.55. The molecule has 1 aliphatic heterocycles. The van der Waals surface area contributed by atoms with Crippen LogP contribution in [0.25, 0.3) is 0 Å². The summed E-state index contributed by atoms with van der Waals surface area (Å²) in [6, 6.07) is 3.63. The SMILES string of the molecule is COCCC1(NC(=O)c2cccs2)CCN(S(C)(=O)=O)CC1. The van der Waals surface area contributed by atoms with Gasteiger partial charge in [-0.15, -0.1) is 11.3 Å². The van der Waals surface area contributed by atoms with E-state index in [-0.39, 0.29) is 5.91 Å². The lowest BCUT2D eigenvalue weighted by Crippen LogP contribution is -2.56. The molecule has 0 atom stereocenters. The third-order valence-corrected chi connectivity index (χ3v) is 6.23. The molecule has 0 saturated carbocycles. The number of nitrogens with one attached hydrogen (secondary N) is 1. The van der Waals surface area contributed by atoms with E-state index in [9.17, 15) is 13.2 Å². The average Bonchev–Trinajstić information content (AvgIpc) is 2.99. The molecule has 0 bridgehead atoms. The molecule has 0 aliphatic carbocycles. The summed E-state index contributed by atoms with van der Waals surface area (Å²) in [6.07, 6.45) is 3.10. The number of ether oxygens (including phenoxy) is 1. The van der Waals surface area contributed by atoms with Gasteiger partial charge in [-0.25, -0.2) is 12.7 Å². The van der Waals surface area contributed by atoms with E-state index in [1.54, 1.807) is 13.2 Å². The predicted molar refractivity (Wildman–Crippen MR) is 86.7 cm³/mol. The Morgan fingerprint density at radius 3 is 2.64 bits per heavy atom. The van der Waals surface area contributed by atoms with E-state index in [0.29, 0.717) is 43.8 Å². The van der Waals surface area contributed by atoms with Crippen LogP contribution in [0.4, 0.5) is 0 Å². The van der Waals surface area contributed by atoms with Gasteiger partial charge in [0.2, 0.25) is 10.0 Å². The molecular weight excluding hydrogens is 324 g/mol. The molecule has 1 saturated heterocycles. The zero-order valence-corrected chi connectivity index (χ0v) is 14.5. The smallest absolute Gasteiger partial charge is 0.261 e. The van der Waals surface area contributed by atoms with E-state index >= 15 is 0 Å². The summed E-state index contributed by atoms with van der Waals surface area (Å²) in [4.78, 5) is 13.0. The van der Waals surface area contributed by atoms with E-state index < -0.39 is 15.6 Å². The topological polar surface area (TPSA) is 75.7 Å². The first-order valence-electron chi connectivity index (χ1n) is 7.16. The molecule has 124 valence electrons. The highest BCUT2D eigenvalue weighted by atomic mass is 32.2. The maximum absolute atomic E-state index is 12.3. The molecule has 8 heteroatoms. The summed E-state index contributed by atoms with van der Waals surface area (Å²) in [5, 5.41) is 4.98. The molecule has 1 N–H and O–H groups in total. The predicted octanol–water partition coefficient (Wildman–Crippen LogP) is 1.31. The van der Waals surface area contributed by atoms with Crippen LogP contribution in [-0.4, -0.2) is 57.2 Å². The third-order valence-electron chi connectivity index (χ3n) is 4.06. The number of sulfonamides is 1. The number of methoxy groups -OCH3 is 1. The van der Waals surface area contributed by atoms with Crippen LogP contribution in [0.15, 0.2) is 17.5 Å². The van der Waals surface area contributed by atoms with Crippen LogP contribution >= 0.6 is 11.3 Å². The molecule has 1 aromatic heterocycles. The van der Waals surface area contributed by atoms with Crippen LogP contribution in [0.3, 0.4) is 0 Å². The van der Waals surface area contributed by atoms with E-state index in [1.165, 1.54) is 21.9 Å². The largest absolute Gasteiger partial charge is 0.385 e. The Hall–Kier alpha value is -0.960. The fourth-order valence-electron chi connectivity index (χ4n) is 2.69. The molecule has 2 heterocycles. The first-order valence-corrected chi connectivity index (χ1v) is 9.89. The van der Waals surface area contributed by atoms with Gasteiger partial charge in [0.05, 0.1) is 11.1 Å². The molecule has 1 aromatic rings. The molecule has 0 radical (unpaired) electrons. The number of carbonyl (C=O) groups is 1. The molecule has 1 aliphatic rings. The van der Waals surface area contributed by atoms with E-state index in [0.717, 1.165) is 0 Å². The maximum Gasteiger partial charge on any atom is 0.261 e. The lowest BCUT2D eigenvalue weighted by molar-refractivity contribution is 0.0788. The van der Waals surface area contributed by atoms with Gasteiger partial charge in [-0.2, -0.15) is 0 Å². The molecule has 0 spiro atoms. The zero-order chi connectivity index (χ0) is 16.2. The van der Waals surface area contributed by atoms with Crippen molar-refractivity contribution in [1.82, 2.24) is 9.62 Å². The van der Waals surface area contributed by atoms with Crippen molar-refractivity contribution in [2.45, 2.75) is 24.8 Å². The van der Waals surface area contributed by atoms with Gasteiger partial charge in [-0.05, 0) is 30.7 Å². The molecule has 22 heavy (non-hydrogen) atoms. The van der Waals surface area contributed by atoms with Gasteiger partial charge in [0.1, 0.15) is 0 Å². The number of amides is 1. The molecule has 0 aromatic carbocycles. The minimum absolute atomic E-state index is 0.0982. The van der Waals surface area contributed by atoms with Crippen molar-refractivity contribution < 1.29 is 17.9 Å². The molecular formula is C14H22N2O4S2. The summed E-state index contributed by atoms with van der Waals surface area (Å²) in [5.41, 5.74) is -0.404. The van der Waals surface area contributed by atoms with Crippen molar-refractivity contribution >= 4 is 27.3 Å². The van der Waals surface area contributed by atoms with Crippen molar-refractivity contribution in [2.75, 3.05) is 33.1 Å². The van der Waals surface area contributed by atoms with Crippen LogP contribution in [0, 0.1) is 0 Å². The second-order valence-electron chi connectivity index (χ2n) is 5.62. The Morgan fingerprint density at radius 1 is 1.45 bits per heavy atom. The van der Waals surface area contributed by atoms with Gasteiger partial charge in [0.15, 0.2) is 0 Å². The van der Waals surface area contributed by atoms with E-state index in [2.05, 4.69) is 5.32 Å². The monoisotopic (exact) mass is 346 g/mol. The van der Waals surface area contributed by atoms with Crippen molar-refractivity contribution in [1.29, 1.82) is 0 Å². The molecule has 6 nitrogen and oxygen atoms in total. The minimum atomic E-state index is -3.18. The van der Waals surface area contributed by atoms with Gasteiger partial charge in [0, 0.05) is 32.3 Å². The molecule has 0 unspecified atom stereocenters. The van der Waals surface area contributed by atoms with Crippen LogP contribution in [-0.2, 0) is 14.8 Å². The van der Waals surface area contributed by atoms with Gasteiger partial charge in [0.25, 0.3) is 5.91 Å². The van der Waals surface area contributed by atoms with Gasteiger partial charge < -0.3 is 10.1 Å². The zero-order valence-electron chi connectivity index (χ0n) is 12.9. The number of hydrogen-bond donors (Lipinski definition) is 1. The van der Waals surface area contributed by atoms with Gasteiger partial charge in [-0.3, -0.25) is 4.79 Å². The Bertz CT molecular complexity index is 590. The number of carbonyl (C=O) groups excluding carboxylic acids is 1. The summed E-state index contributed by atoms with van der Waals surface area (Å²) < 4.78 is 29.9. The average molecular weight is 346 g/mol. The molecule has 2 rings (SSSR count). The lowest BCUT2D eigenvalue weighted by Gasteiger charge is -2.41. The van der Waals surface area contributed by atoms with Gasteiger partial charge >= 0.3 is 0 Å². The Kier molecular flexibility index (Phi) is 5.60. The Balaban J connectivity index is 2.08. The van der Waals surface area contributed by atoms with E-state index in [4.69, 9.17) is 4.74 Å². The highest BCUT2D eigenvalue weighted by molar-refractivity contribution is 7.88. The van der Waals surface area contributed by atoms with Crippen LogP contribution in [0.5, 0.6) is 0 Å². The summed E-state index contributed by atoms with van der Waals surface area (Å²) >= 11 is 1.40. The lowest BCUT2D eigenvalue weighted by atomic mass is 9.85. The quantitative estimate of drug-likeness (QED) is 0.843. The van der Waals surface area contributed by atoms with E-state index in [1.807, 2.05) is 11.4 Å². The van der Waals surface area contributed by atoms with Gasteiger partial charge in [-0.1, -0.05) is 6.07 Å². The maximum atomic E-state index is 12.3. The first-order chi connectivity index (χ1) is 10.4. The van der Waals surface area contributed by atoms with Crippen molar-refractivity contribution in [3.8, 4) is 0 Å². The number of rotatable bonds is 6. The number of nitrogens with zero attached hydrogens (tertiary/aromatic N) is 1. The standard InChI is InChI=1S/C14H22N2O4S2/c1-20-10-7-14(15-13(17)12-4-3-11-21-12)5-8-16(9-6-14)22(2,18)19/h3-4,11H,5-10H2,1-2H3,(H,15,17). The number of piperidine rings is 1. The molecule has 1 fully saturated rings. The summed E-state index contributed by atoms with van der Waals surface area (Å²) in [6.45, 7) is 1.38. The second-order valence-corrected chi connectivity index (χ2v) is 8.55. The first kappa shape index (κ1) is 17.4. The second kappa shape index (κ2) is 7.08. The fourth-order valence-corrected chi connectivity index (χ4v) is 4.16. The van der Waals surface area contributed by atoms with Crippen LogP contribution in [0.2, 0.25) is 0 Å². The highest BCUT2D eigenvalue weighted by Crippen LogP contribution is 2.28. The van der Waals surface area contributed by atoms with Crippen LogP contribution < -0.4 is 5.32 Å². The number of thiophene rings is 1. The normalized spacial score (nSPS) is 19.0. The van der Waals surface area contributed by atoms with Crippen molar-refractivity contribution in [3.05, 3.63) is 22.4 Å². The Labute approximate surface area is 135 Å². The van der Waals surface area contributed by atoms with Crippen molar-refractivity contribution in [3.63, 3.8) is 0 Å². The summed E-state index contributed by atoms with van der Waals surface area (Å²) in [5.74, 6) is -0.0982. The Morgan fingerprint density at radius 2 is 2.14 bits per heavy atom. The minimum Gasteiger partial charge on any atom is -0.385 e. The van der Waals surface area contributed by atoms with Crippen molar-refractivity contribution in [2.24, 2.45) is 0 Å². The fraction of sp³-hybridized carbons (Fsp3) is 0.643.